The topological polar surface area (TPSA) is 29.5 Å². The Morgan fingerprint density at radius 2 is 1.80 bits per heavy atom. The Bertz CT molecular complexity index is 565. The van der Waals surface area contributed by atoms with Crippen molar-refractivity contribution in [1.82, 2.24) is 0 Å². The highest BCUT2D eigenvalue weighted by molar-refractivity contribution is 6.42. The van der Waals surface area contributed by atoms with Gasteiger partial charge in [-0.15, -0.1) is 0 Å². The molecule has 106 valence electrons. The van der Waals surface area contributed by atoms with Crippen LogP contribution in [0.1, 0.15) is 18.1 Å². The molecule has 0 bridgehead atoms. The summed E-state index contributed by atoms with van der Waals surface area (Å²) < 4.78 is 5.68. The van der Waals surface area contributed by atoms with Gasteiger partial charge >= 0.3 is 0 Å². The van der Waals surface area contributed by atoms with Crippen molar-refractivity contribution < 1.29 is 9.84 Å². The van der Waals surface area contributed by atoms with E-state index in [0.717, 1.165) is 16.9 Å². The lowest BCUT2D eigenvalue weighted by Gasteiger charge is -2.10. The monoisotopic (exact) mass is 310 g/mol. The van der Waals surface area contributed by atoms with E-state index in [-0.39, 0.29) is 6.10 Å². The van der Waals surface area contributed by atoms with Gasteiger partial charge in [0.25, 0.3) is 0 Å². The van der Waals surface area contributed by atoms with Gasteiger partial charge in [0, 0.05) is 5.56 Å². The Kier molecular flexibility index (Phi) is 5.30. The van der Waals surface area contributed by atoms with Crippen molar-refractivity contribution in [3.05, 3.63) is 63.6 Å². The Balaban J connectivity index is 1.99. The van der Waals surface area contributed by atoms with Gasteiger partial charge < -0.3 is 9.84 Å². The van der Waals surface area contributed by atoms with E-state index in [2.05, 4.69) is 0 Å². The van der Waals surface area contributed by atoms with Gasteiger partial charge in [0.2, 0.25) is 0 Å². The molecule has 2 nitrogen and oxygen atoms in total. The number of rotatable bonds is 5. The Morgan fingerprint density at radius 3 is 2.45 bits per heavy atom. The Labute approximate surface area is 128 Å². The molecule has 1 atom stereocenters. The number of aliphatic hydroxyl groups excluding tert-OH is 1. The van der Waals surface area contributed by atoms with Crippen molar-refractivity contribution in [3.8, 4) is 5.75 Å². The van der Waals surface area contributed by atoms with Crippen molar-refractivity contribution in [2.24, 2.45) is 0 Å². The maximum Gasteiger partial charge on any atom is 0.119 e. The molecule has 0 amide bonds. The maximum atomic E-state index is 9.33. The zero-order valence-corrected chi connectivity index (χ0v) is 12.7. The van der Waals surface area contributed by atoms with Crippen LogP contribution in [0.3, 0.4) is 0 Å². The lowest BCUT2D eigenvalue weighted by molar-refractivity contribution is 0.195. The summed E-state index contributed by atoms with van der Waals surface area (Å²) in [7, 11) is 0. The summed E-state index contributed by atoms with van der Waals surface area (Å²) in [5.41, 5.74) is 1.93. The average molecular weight is 311 g/mol. The molecule has 0 aliphatic heterocycles. The van der Waals surface area contributed by atoms with Gasteiger partial charge in [0.05, 0.1) is 16.1 Å². The molecule has 0 aromatic heterocycles. The fourth-order valence-electron chi connectivity index (χ4n) is 1.88. The first-order valence-corrected chi connectivity index (χ1v) is 7.14. The number of halogens is 2. The summed E-state index contributed by atoms with van der Waals surface area (Å²) >= 11 is 12.1. The zero-order valence-electron chi connectivity index (χ0n) is 11.1. The van der Waals surface area contributed by atoms with Crippen LogP contribution in [0.5, 0.6) is 5.75 Å². The molecule has 20 heavy (non-hydrogen) atoms. The second kappa shape index (κ2) is 6.98. The van der Waals surface area contributed by atoms with Crippen LogP contribution in [0.4, 0.5) is 0 Å². The molecule has 1 N–H and O–H groups in total. The van der Waals surface area contributed by atoms with Gasteiger partial charge in [-0.1, -0.05) is 47.5 Å². The summed E-state index contributed by atoms with van der Waals surface area (Å²) in [5.74, 6) is 0.760. The van der Waals surface area contributed by atoms with E-state index in [1.165, 1.54) is 0 Å². The second-order valence-electron chi connectivity index (χ2n) is 4.70. The van der Waals surface area contributed by atoms with E-state index in [1.807, 2.05) is 36.4 Å². The van der Waals surface area contributed by atoms with Gasteiger partial charge in [0.1, 0.15) is 12.4 Å². The van der Waals surface area contributed by atoms with Gasteiger partial charge in [-0.3, -0.25) is 0 Å². The molecule has 1 unspecified atom stereocenters. The van der Waals surface area contributed by atoms with Crippen LogP contribution in [0.25, 0.3) is 0 Å². The molecule has 4 heteroatoms. The summed E-state index contributed by atoms with van der Waals surface area (Å²) in [6.07, 6.45) is 0.299. The molecule has 0 spiro atoms. The fraction of sp³-hybridized carbons (Fsp3) is 0.250. The lowest BCUT2D eigenvalue weighted by Crippen LogP contribution is -2.04. The predicted octanol–water partition coefficient (Wildman–Crippen LogP) is 4.50. The summed E-state index contributed by atoms with van der Waals surface area (Å²) in [6.45, 7) is 2.14. The van der Waals surface area contributed by atoms with Crippen LogP contribution in [0.15, 0.2) is 42.5 Å². The summed E-state index contributed by atoms with van der Waals surface area (Å²) in [6, 6.07) is 13.1. The molecule has 2 aromatic rings. The lowest BCUT2D eigenvalue weighted by atomic mass is 10.1. The van der Waals surface area contributed by atoms with Crippen molar-refractivity contribution in [2.45, 2.75) is 26.1 Å². The molecule has 0 radical (unpaired) electrons. The standard InChI is InChI=1S/C16H16Cl2O2/c1-11(19)9-12-5-7-14(8-6-12)20-10-13-3-2-4-15(17)16(13)18/h2-8,11,19H,9-10H2,1H3. The second-order valence-corrected chi connectivity index (χ2v) is 5.48. The Morgan fingerprint density at radius 1 is 1.10 bits per heavy atom. The first kappa shape index (κ1) is 15.2. The minimum absolute atomic E-state index is 0.341. The number of ether oxygens (including phenoxy) is 1. The van der Waals surface area contributed by atoms with Crippen LogP contribution in [0.2, 0.25) is 10.0 Å². The van der Waals surface area contributed by atoms with E-state index in [9.17, 15) is 5.11 Å². The molecule has 0 saturated carbocycles. The molecule has 2 aromatic carbocycles. The summed E-state index contributed by atoms with van der Waals surface area (Å²) in [4.78, 5) is 0. The van der Waals surface area contributed by atoms with Crippen LogP contribution >= 0.6 is 23.2 Å². The quantitative estimate of drug-likeness (QED) is 0.881. The average Bonchev–Trinajstić information content (AvgIpc) is 2.41. The van der Waals surface area contributed by atoms with E-state index in [1.54, 1.807) is 13.0 Å². The maximum absolute atomic E-state index is 9.33. The van der Waals surface area contributed by atoms with Crippen molar-refractivity contribution >= 4 is 23.2 Å². The van der Waals surface area contributed by atoms with Crippen molar-refractivity contribution in [2.75, 3.05) is 0 Å². The zero-order chi connectivity index (χ0) is 14.5. The molecule has 0 heterocycles. The normalized spacial score (nSPS) is 12.2. The van der Waals surface area contributed by atoms with Crippen LogP contribution in [-0.2, 0) is 13.0 Å². The molecule has 2 rings (SSSR count). The number of hydrogen-bond donors (Lipinski definition) is 1. The largest absolute Gasteiger partial charge is 0.489 e. The first-order chi connectivity index (χ1) is 9.56. The predicted molar refractivity (Wildman–Crippen MR) is 82.6 cm³/mol. The van der Waals surface area contributed by atoms with Crippen molar-refractivity contribution in [3.63, 3.8) is 0 Å². The van der Waals surface area contributed by atoms with Gasteiger partial charge in [-0.2, -0.15) is 0 Å². The minimum atomic E-state index is -0.341. The van der Waals surface area contributed by atoms with E-state index in [4.69, 9.17) is 27.9 Å². The van der Waals surface area contributed by atoms with Gasteiger partial charge in [-0.25, -0.2) is 0 Å². The fourth-order valence-corrected chi connectivity index (χ4v) is 2.26. The number of benzene rings is 2. The number of hydrogen-bond acceptors (Lipinski definition) is 2. The highest BCUT2D eigenvalue weighted by Gasteiger charge is 2.05. The van der Waals surface area contributed by atoms with Crippen molar-refractivity contribution in [1.29, 1.82) is 0 Å². The van der Waals surface area contributed by atoms with E-state index in [0.29, 0.717) is 23.1 Å². The van der Waals surface area contributed by atoms with Gasteiger partial charge in [0.15, 0.2) is 0 Å². The van der Waals surface area contributed by atoms with Crippen LogP contribution in [0, 0.1) is 0 Å². The van der Waals surface area contributed by atoms with Crippen LogP contribution < -0.4 is 4.74 Å². The highest BCUT2D eigenvalue weighted by atomic mass is 35.5. The highest BCUT2D eigenvalue weighted by Crippen LogP contribution is 2.26. The number of aliphatic hydroxyl groups is 1. The molecular formula is C16H16Cl2O2. The molecule has 0 fully saturated rings. The van der Waals surface area contributed by atoms with Gasteiger partial charge in [-0.05, 0) is 37.1 Å². The third kappa shape index (κ3) is 4.14. The van der Waals surface area contributed by atoms with E-state index < -0.39 is 0 Å². The third-order valence-corrected chi connectivity index (χ3v) is 3.74. The molecule has 0 aliphatic carbocycles. The molecule has 0 saturated heterocycles. The SMILES string of the molecule is CC(O)Cc1ccc(OCc2cccc(Cl)c2Cl)cc1. The molecular weight excluding hydrogens is 295 g/mol. The van der Waals surface area contributed by atoms with Crippen LogP contribution in [-0.4, -0.2) is 11.2 Å². The smallest absolute Gasteiger partial charge is 0.119 e. The minimum Gasteiger partial charge on any atom is -0.489 e. The van der Waals surface area contributed by atoms with E-state index >= 15 is 0 Å². The third-order valence-electron chi connectivity index (χ3n) is 2.88. The Hall–Kier alpha value is -1.22. The molecule has 0 aliphatic rings. The summed E-state index contributed by atoms with van der Waals surface area (Å²) in [5, 5.41) is 10.4. The first-order valence-electron chi connectivity index (χ1n) is 6.39.